The van der Waals surface area contributed by atoms with Gasteiger partial charge >= 0.3 is 5.69 Å². The Labute approximate surface area is 166 Å². The molecule has 0 radical (unpaired) electrons. The number of hydrogen-bond acceptors (Lipinski definition) is 6. The van der Waals surface area contributed by atoms with Crippen molar-refractivity contribution in [1.29, 1.82) is 0 Å². The molecule has 1 aromatic heterocycles. The van der Waals surface area contributed by atoms with Crippen molar-refractivity contribution >= 4 is 16.6 Å². The van der Waals surface area contributed by atoms with Crippen molar-refractivity contribution in [2.24, 2.45) is 0 Å². The first-order valence-electron chi connectivity index (χ1n) is 9.62. The topological polar surface area (TPSA) is 98.9 Å². The number of methoxy groups -OCH3 is 1. The number of nitrogens with two attached hydrogens (primary N) is 1. The van der Waals surface area contributed by atoms with Crippen LogP contribution in [0, 0.1) is 12.4 Å². The first kappa shape index (κ1) is 19.3. The molecule has 29 heavy (non-hydrogen) atoms. The first-order chi connectivity index (χ1) is 14.0. The van der Waals surface area contributed by atoms with Crippen LogP contribution in [0.1, 0.15) is 25.3 Å². The van der Waals surface area contributed by atoms with Gasteiger partial charge in [-0.25, -0.2) is 15.8 Å². The van der Waals surface area contributed by atoms with Crippen LogP contribution in [0.25, 0.3) is 15.7 Å². The maximum Gasteiger partial charge on any atom is 0.350 e. The zero-order chi connectivity index (χ0) is 20.7. The number of aromatic nitrogens is 2. The lowest BCUT2D eigenvalue weighted by Gasteiger charge is -2.24. The number of nitrogen functional groups attached to an aromatic ring is 1. The average Bonchev–Trinajstić information content (AvgIpc) is 3.44. The zero-order valence-corrected chi connectivity index (χ0v) is 16.2. The fourth-order valence-corrected chi connectivity index (χ4v) is 4.05. The monoisotopic (exact) mass is 402 g/mol. The lowest BCUT2D eigenvalue weighted by atomic mass is 10.1. The lowest BCUT2D eigenvalue weighted by molar-refractivity contribution is 0.412. The molecule has 2 aliphatic rings. The molecule has 1 saturated carbocycles. The third kappa shape index (κ3) is 3.21. The predicted octanol–water partition coefficient (Wildman–Crippen LogP) is 0.447. The Kier molecular flexibility index (Phi) is 4.92. The Hall–Kier alpha value is -3.06. The second-order valence-corrected chi connectivity index (χ2v) is 7.46. The molecule has 1 atom stereocenters. The van der Waals surface area contributed by atoms with Crippen molar-refractivity contribution in [1.82, 2.24) is 14.6 Å². The quantitative estimate of drug-likeness (QED) is 0.414. The van der Waals surface area contributed by atoms with E-state index in [1.807, 2.05) is 4.90 Å². The lowest BCUT2D eigenvalue weighted by Crippen LogP contribution is -2.44. The summed E-state index contributed by atoms with van der Waals surface area (Å²) in [5, 5.41) is 3.33. The van der Waals surface area contributed by atoms with Crippen LogP contribution in [0.3, 0.4) is 0 Å². The summed E-state index contributed by atoms with van der Waals surface area (Å²) >= 11 is 0. The summed E-state index contributed by atoms with van der Waals surface area (Å²) in [6, 6.07) is 1.20. The van der Waals surface area contributed by atoms with Crippen molar-refractivity contribution in [3.8, 4) is 5.75 Å². The van der Waals surface area contributed by atoms with Gasteiger partial charge in [-0.2, -0.15) is 4.68 Å². The molecule has 9 nitrogen and oxygen atoms in total. The van der Waals surface area contributed by atoms with Gasteiger partial charge in [0.1, 0.15) is 11.2 Å². The smallest absolute Gasteiger partial charge is 0.350 e. The van der Waals surface area contributed by atoms with Gasteiger partial charge in [0.25, 0.3) is 5.56 Å². The molecule has 2 aromatic rings. The van der Waals surface area contributed by atoms with Gasteiger partial charge in [-0.05, 0) is 25.3 Å². The summed E-state index contributed by atoms with van der Waals surface area (Å²) in [7, 11) is 1.41. The third-order valence-corrected chi connectivity index (χ3v) is 5.56. The van der Waals surface area contributed by atoms with Crippen LogP contribution < -0.4 is 32.0 Å². The number of rotatable bonds is 6. The van der Waals surface area contributed by atoms with Gasteiger partial charge in [-0.3, -0.25) is 9.36 Å². The van der Waals surface area contributed by atoms with Crippen molar-refractivity contribution < 1.29 is 9.13 Å². The maximum atomic E-state index is 15.2. The van der Waals surface area contributed by atoms with Crippen molar-refractivity contribution in [3.63, 3.8) is 0 Å². The Balaban J connectivity index is 1.84. The highest BCUT2D eigenvalue weighted by Crippen LogP contribution is 2.43. The number of nitrogens with zero attached hydrogens (tertiary/aromatic N) is 4. The summed E-state index contributed by atoms with van der Waals surface area (Å²) in [5.41, 5.74) is -0.823. The van der Waals surface area contributed by atoms with Gasteiger partial charge in [0.05, 0.1) is 19.0 Å². The molecule has 10 heteroatoms. The van der Waals surface area contributed by atoms with E-state index < -0.39 is 17.1 Å². The molecule has 4 rings (SSSR count). The second-order valence-electron chi connectivity index (χ2n) is 7.46. The summed E-state index contributed by atoms with van der Waals surface area (Å²) in [5.74, 6) is 5.26. The summed E-state index contributed by atoms with van der Waals surface area (Å²) in [6.45, 7) is 8.97. The molecular formula is C19H23FN6O3. The Morgan fingerprint density at radius 2 is 2.14 bits per heavy atom. The highest BCUT2D eigenvalue weighted by Gasteiger charge is 2.34. The summed E-state index contributed by atoms with van der Waals surface area (Å²) in [6.07, 6.45) is 2.37. The molecule has 1 aliphatic heterocycles. The van der Waals surface area contributed by atoms with Crippen LogP contribution in [0.2, 0.25) is 0 Å². The van der Waals surface area contributed by atoms with E-state index in [1.165, 1.54) is 11.7 Å². The van der Waals surface area contributed by atoms with Gasteiger partial charge in [0.15, 0.2) is 11.6 Å². The summed E-state index contributed by atoms with van der Waals surface area (Å²) < 4.78 is 22.7. The molecule has 0 bridgehead atoms. The Morgan fingerprint density at radius 3 is 2.79 bits per heavy atom. The number of ether oxygens (including phenoxy) is 1. The molecule has 0 amide bonds. The van der Waals surface area contributed by atoms with E-state index in [-0.39, 0.29) is 28.9 Å². The molecule has 1 aliphatic carbocycles. The normalized spacial score (nSPS) is 18.9. The van der Waals surface area contributed by atoms with Gasteiger partial charge < -0.3 is 25.6 Å². The van der Waals surface area contributed by atoms with Gasteiger partial charge in [-0.15, -0.1) is 0 Å². The maximum absolute atomic E-state index is 15.2. The third-order valence-electron chi connectivity index (χ3n) is 5.56. The van der Waals surface area contributed by atoms with Crippen molar-refractivity contribution in [2.45, 2.75) is 31.3 Å². The molecule has 1 saturated heterocycles. The van der Waals surface area contributed by atoms with Crippen LogP contribution in [-0.2, 0) is 0 Å². The van der Waals surface area contributed by atoms with Crippen LogP contribution in [0.4, 0.5) is 10.1 Å². The van der Waals surface area contributed by atoms with Crippen molar-refractivity contribution in [2.75, 3.05) is 44.0 Å². The Bertz CT molecular complexity index is 1110. The van der Waals surface area contributed by atoms with Crippen LogP contribution >= 0.6 is 0 Å². The van der Waals surface area contributed by atoms with Gasteiger partial charge in [0.2, 0.25) is 6.54 Å². The van der Waals surface area contributed by atoms with E-state index in [0.717, 1.165) is 25.3 Å². The van der Waals surface area contributed by atoms with Crippen LogP contribution in [-0.4, -0.2) is 48.6 Å². The van der Waals surface area contributed by atoms with E-state index in [1.54, 1.807) is 0 Å². The number of hydrogen-bond donors (Lipinski definition) is 2. The van der Waals surface area contributed by atoms with E-state index in [0.29, 0.717) is 36.4 Å². The van der Waals surface area contributed by atoms with E-state index in [4.69, 9.17) is 17.2 Å². The van der Waals surface area contributed by atoms with Gasteiger partial charge in [-0.1, -0.05) is 0 Å². The highest BCUT2D eigenvalue weighted by molar-refractivity contribution is 5.91. The molecular weight excluding hydrogens is 379 g/mol. The van der Waals surface area contributed by atoms with Crippen molar-refractivity contribution in [3.05, 3.63) is 44.1 Å². The standard InChI is InChI=1S/C19H23FN6O3/c1-22-6-7-23-11-5-8-24(10-11)16-14(20)9-13-15(17(16)29-2)25(12-3-4-12)19(28)26(21)18(13)27/h9,11-12,23H,3-8,10,21H2,2H3. The van der Waals surface area contributed by atoms with Crippen LogP contribution in [0.5, 0.6) is 5.75 Å². The fourth-order valence-electron chi connectivity index (χ4n) is 4.05. The average molecular weight is 402 g/mol. The number of benzene rings is 1. The zero-order valence-electron chi connectivity index (χ0n) is 16.2. The number of halogens is 1. The number of fused-ring (bicyclic) bond motifs is 1. The minimum Gasteiger partial charge on any atom is -0.492 e. The largest absolute Gasteiger partial charge is 0.492 e. The second kappa shape index (κ2) is 7.40. The minimum atomic E-state index is -0.745. The summed E-state index contributed by atoms with van der Waals surface area (Å²) in [4.78, 5) is 30.4. The molecule has 1 unspecified atom stereocenters. The number of anilines is 1. The van der Waals surface area contributed by atoms with E-state index in [9.17, 15) is 9.59 Å². The molecule has 154 valence electrons. The van der Waals surface area contributed by atoms with E-state index in [2.05, 4.69) is 10.2 Å². The Morgan fingerprint density at radius 1 is 1.38 bits per heavy atom. The molecule has 1 aromatic carbocycles. The van der Waals surface area contributed by atoms with Crippen LogP contribution in [0.15, 0.2) is 15.7 Å². The number of nitrogens with one attached hydrogen (secondary N) is 1. The molecule has 0 spiro atoms. The SMILES string of the molecule is [C-]#[N+]CCNC1CCN(c2c(F)cc3c(=O)n(N)c(=O)n(C4CC4)c3c2OC)C1. The predicted molar refractivity (Wildman–Crippen MR) is 107 cm³/mol. The molecule has 2 heterocycles. The fraction of sp³-hybridized carbons (Fsp3) is 0.526. The minimum absolute atomic E-state index is 0.0306. The molecule has 2 fully saturated rings. The van der Waals surface area contributed by atoms with Gasteiger partial charge in [0, 0.05) is 25.2 Å². The first-order valence-corrected chi connectivity index (χ1v) is 9.62. The molecule has 3 N–H and O–H groups in total. The highest BCUT2D eigenvalue weighted by atomic mass is 19.1. The van der Waals surface area contributed by atoms with E-state index >= 15 is 4.39 Å².